The first-order valence-corrected chi connectivity index (χ1v) is 15.6. The fourth-order valence-corrected chi connectivity index (χ4v) is 7.05. The number of carbonyl (C=O) groups is 1. The molecule has 1 saturated heterocycles. The van der Waals surface area contributed by atoms with Gasteiger partial charge in [-0.15, -0.1) is 0 Å². The fourth-order valence-electron chi connectivity index (χ4n) is 5.30. The molecule has 0 aromatic heterocycles. The lowest BCUT2D eigenvalue weighted by atomic mass is 10.0. The average Bonchev–Trinajstić information content (AvgIpc) is 3.37. The molecular weight excluding hydrogens is 581 g/mol. The van der Waals surface area contributed by atoms with Crippen LogP contribution < -0.4 is 4.72 Å². The van der Waals surface area contributed by atoms with Crippen molar-refractivity contribution < 1.29 is 18.3 Å². The summed E-state index contributed by atoms with van der Waals surface area (Å²) in [5, 5.41) is 12.0. The van der Waals surface area contributed by atoms with E-state index in [4.69, 9.17) is 23.2 Å². The lowest BCUT2D eigenvalue weighted by Crippen LogP contribution is -2.39. The molecule has 0 spiro atoms. The van der Waals surface area contributed by atoms with Gasteiger partial charge in [-0.3, -0.25) is 14.4 Å². The van der Waals surface area contributed by atoms with Crippen molar-refractivity contribution in [2.75, 3.05) is 31.4 Å². The van der Waals surface area contributed by atoms with Gasteiger partial charge < -0.3 is 10.0 Å². The molecular formula is C31H31Cl2N3O4S. The fraction of sp³-hybridized carbons (Fsp3) is 0.258. The molecule has 7 nitrogen and oxygen atoms in total. The van der Waals surface area contributed by atoms with Gasteiger partial charge in [-0.2, -0.15) is 0 Å². The molecule has 2 atom stereocenters. The molecule has 1 aliphatic rings. The van der Waals surface area contributed by atoms with Crippen molar-refractivity contribution in [2.24, 2.45) is 0 Å². The van der Waals surface area contributed by atoms with E-state index in [9.17, 15) is 18.3 Å². The highest BCUT2D eigenvalue weighted by Gasteiger charge is 2.29. The Kier molecular flexibility index (Phi) is 8.87. The average molecular weight is 613 g/mol. The van der Waals surface area contributed by atoms with E-state index in [0.29, 0.717) is 45.9 Å². The number of likely N-dealkylation sites (N-methyl/N-ethyl adjacent to an activating group) is 1. The van der Waals surface area contributed by atoms with E-state index in [1.165, 1.54) is 6.07 Å². The number of β-amino-alcohol motifs (C(OH)–C–C–N with tert-alkyl or cyclic N) is 1. The van der Waals surface area contributed by atoms with E-state index in [1.807, 2.05) is 30.3 Å². The molecule has 4 aromatic rings. The maximum absolute atomic E-state index is 13.7. The topological polar surface area (TPSA) is 90.0 Å². The number of nitrogens with one attached hydrogen (secondary N) is 1. The van der Waals surface area contributed by atoms with Crippen LogP contribution in [0.5, 0.6) is 0 Å². The maximum Gasteiger partial charge on any atom is 0.262 e. The van der Waals surface area contributed by atoms with Crippen molar-refractivity contribution in [1.29, 1.82) is 0 Å². The smallest absolute Gasteiger partial charge is 0.262 e. The van der Waals surface area contributed by atoms with Gasteiger partial charge in [-0.25, -0.2) is 8.42 Å². The zero-order valence-corrected chi connectivity index (χ0v) is 24.8. The quantitative estimate of drug-likeness (QED) is 0.251. The number of likely N-dealkylation sites (tertiary alicyclic amines) is 1. The molecule has 1 heterocycles. The normalized spacial score (nSPS) is 16.5. The number of hydrogen-bond acceptors (Lipinski definition) is 5. The van der Waals surface area contributed by atoms with Crippen LogP contribution in [-0.4, -0.2) is 62.0 Å². The van der Waals surface area contributed by atoms with Gasteiger partial charge in [0, 0.05) is 47.5 Å². The predicted molar refractivity (Wildman–Crippen MR) is 164 cm³/mol. The molecule has 10 heteroatoms. The second kappa shape index (κ2) is 12.4. The SMILES string of the molecule is CN(C(=O)Cc1cc(Cl)ccc1NS(=O)(=O)c1cccc2c(Cl)cccc12)[C@H](CN1CC[C@H](O)C1)c1ccccc1. The molecule has 1 amide bonds. The Morgan fingerprint density at radius 3 is 2.49 bits per heavy atom. The Bertz CT molecular complexity index is 1670. The minimum absolute atomic E-state index is 0.0672. The number of carbonyl (C=O) groups excluding carboxylic acids is 1. The Balaban J connectivity index is 1.41. The lowest BCUT2D eigenvalue weighted by molar-refractivity contribution is -0.131. The third-order valence-electron chi connectivity index (χ3n) is 7.50. The van der Waals surface area contributed by atoms with Gasteiger partial charge in [0.05, 0.1) is 29.1 Å². The number of anilines is 1. The molecule has 214 valence electrons. The Morgan fingerprint density at radius 1 is 1.02 bits per heavy atom. The Labute approximate surface area is 250 Å². The summed E-state index contributed by atoms with van der Waals surface area (Å²) in [6.45, 7) is 1.89. The number of amides is 1. The number of aliphatic hydroxyl groups excluding tert-OH is 1. The summed E-state index contributed by atoms with van der Waals surface area (Å²) < 4.78 is 29.9. The van der Waals surface area contributed by atoms with Crippen LogP contribution in [-0.2, 0) is 21.2 Å². The molecule has 1 aliphatic heterocycles. The number of rotatable bonds is 9. The molecule has 0 saturated carbocycles. The summed E-state index contributed by atoms with van der Waals surface area (Å²) in [6, 6.07) is 24.3. The summed E-state index contributed by atoms with van der Waals surface area (Å²) in [5.41, 5.74) is 1.71. The van der Waals surface area contributed by atoms with E-state index in [1.54, 1.807) is 60.5 Å². The molecule has 5 rings (SSSR count). The van der Waals surface area contributed by atoms with Crippen molar-refractivity contribution in [2.45, 2.75) is 29.9 Å². The minimum atomic E-state index is -4.04. The van der Waals surface area contributed by atoms with Crippen LogP contribution in [0.15, 0.2) is 89.8 Å². The highest BCUT2D eigenvalue weighted by molar-refractivity contribution is 7.93. The van der Waals surface area contributed by atoms with Crippen LogP contribution in [0.1, 0.15) is 23.6 Å². The van der Waals surface area contributed by atoms with E-state index in [-0.39, 0.29) is 35.1 Å². The zero-order valence-electron chi connectivity index (χ0n) is 22.5. The number of aliphatic hydroxyl groups is 1. The zero-order chi connectivity index (χ0) is 29.1. The van der Waals surface area contributed by atoms with Crippen molar-refractivity contribution in [3.63, 3.8) is 0 Å². The summed E-state index contributed by atoms with van der Waals surface area (Å²) in [5.74, 6) is -0.196. The first kappa shape index (κ1) is 29.4. The standard InChI is InChI=1S/C31H31Cl2N3O4S/c1-35(29(21-7-3-2-4-8-21)20-36-16-15-24(37)19-36)31(38)18-22-17-23(32)13-14-28(22)34-41(39,40)30-12-6-9-25-26(30)10-5-11-27(25)33/h2-14,17,24,29,34,37H,15-16,18-20H2,1H3/t24-,29+/m0/s1. The van der Waals surface area contributed by atoms with E-state index in [0.717, 1.165) is 12.1 Å². The van der Waals surface area contributed by atoms with Gasteiger partial charge in [0.1, 0.15) is 0 Å². The monoisotopic (exact) mass is 611 g/mol. The number of benzene rings is 4. The first-order valence-electron chi connectivity index (χ1n) is 13.3. The van der Waals surface area contributed by atoms with Crippen LogP contribution in [0.3, 0.4) is 0 Å². The summed E-state index contributed by atoms with van der Waals surface area (Å²) in [6.07, 6.45) is 0.267. The molecule has 4 aromatic carbocycles. The summed E-state index contributed by atoms with van der Waals surface area (Å²) >= 11 is 12.6. The minimum Gasteiger partial charge on any atom is -0.392 e. The first-order chi connectivity index (χ1) is 19.6. The van der Waals surface area contributed by atoms with Gasteiger partial charge in [0.15, 0.2) is 0 Å². The predicted octanol–water partition coefficient (Wildman–Crippen LogP) is 5.76. The van der Waals surface area contributed by atoms with E-state index < -0.39 is 10.0 Å². The lowest BCUT2D eigenvalue weighted by Gasteiger charge is -2.32. The Morgan fingerprint density at radius 2 is 1.76 bits per heavy atom. The van der Waals surface area contributed by atoms with Gasteiger partial charge in [0.2, 0.25) is 5.91 Å². The van der Waals surface area contributed by atoms with Crippen LogP contribution in [0.4, 0.5) is 5.69 Å². The van der Waals surface area contributed by atoms with Crippen LogP contribution in [0, 0.1) is 0 Å². The maximum atomic E-state index is 13.7. The molecule has 0 radical (unpaired) electrons. The van der Waals surface area contributed by atoms with Crippen molar-refractivity contribution >= 4 is 55.6 Å². The number of fused-ring (bicyclic) bond motifs is 1. The van der Waals surface area contributed by atoms with Crippen LogP contribution in [0.2, 0.25) is 10.0 Å². The van der Waals surface area contributed by atoms with Gasteiger partial charge in [-0.05, 0) is 47.9 Å². The van der Waals surface area contributed by atoms with Gasteiger partial charge in [0.25, 0.3) is 10.0 Å². The number of hydrogen-bond donors (Lipinski definition) is 2. The van der Waals surface area contributed by atoms with Gasteiger partial charge in [-0.1, -0.05) is 77.8 Å². The number of sulfonamides is 1. The molecule has 0 aliphatic carbocycles. The van der Waals surface area contributed by atoms with Crippen molar-refractivity contribution in [3.8, 4) is 0 Å². The molecule has 0 bridgehead atoms. The van der Waals surface area contributed by atoms with Crippen LogP contribution in [0.25, 0.3) is 10.8 Å². The molecule has 41 heavy (non-hydrogen) atoms. The van der Waals surface area contributed by atoms with Gasteiger partial charge >= 0.3 is 0 Å². The summed E-state index contributed by atoms with van der Waals surface area (Å²) in [4.78, 5) is 17.6. The van der Waals surface area contributed by atoms with Crippen molar-refractivity contribution in [1.82, 2.24) is 9.80 Å². The second-order valence-corrected chi connectivity index (χ2v) is 12.8. The highest BCUT2D eigenvalue weighted by atomic mass is 35.5. The third-order valence-corrected chi connectivity index (χ3v) is 9.48. The molecule has 1 fully saturated rings. The van der Waals surface area contributed by atoms with E-state index >= 15 is 0 Å². The molecule has 0 unspecified atom stereocenters. The number of halogens is 2. The Hall–Kier alpha value is -3.14. The van der Waals surface area contributed by atoms with E-state index in [2.05, 4.69) is 9.62 Å². The number of nitrogens with zero attached hydrogens (tertiary/aromatic N) is 2. The van der Waals surface area contributed by atoms with Crippen molar-refractivity contribution in [3.05, 3.63) is 106 Å². The summed E-state index contributed by atoms with van der Waals surface area (Å²) in [7, 11) is -2.28. The third kappa shape index (κ3) is 6.68. The molecule has 2 N–H and O–H groups in total. The van der Waals surface area contributed by atoms with Crippen LogP contribution >= 0.6 is 23.2 Å². The second-order valence-electron chi connectivity index (χ2n) is 10.3. The highest BCUT2D eigenvalue weighted by Crippen LogP contribution is 2.32. The largest absolute Gasteiger partial charge is 0.392 e.